The summed E-state index contributed by atoms with van der Waals surface area (Å²) in [6.07, 6.45) is 6.93. The average Bonchev–Trinajstić information content (AvgIpc) is 2.05. The van der Waals surface area contributed by atoms with Crippen molar-refractivity contribution < 1.29 is 4.79 Å². The van der Waals surface area contributed by atoms with Gasteiger partial charge in [-0.05, 0) is 44.3 Å². The maximum Gasteiger partial charge on any atom is 0.184 e. The lowest BCUT2D eigenvalue weighted by Gasteiger charge is -2.14. The van der Waals surface area contributed by atoms with E-state index in [0.29, 0.717) is 0 Å². The molecule has 1 saturated carbocycles. The predicted molar refractivity (Wildman–Crippen MR) is 46.4 cm³/mol. The Morgan fingerprint density at radius 1 is 1.09 bits per heavy atom. The van der Waals surface area contributed by atoms with Gasteiger partial charge in [-0.25, -0.2) is 0 Å². The third kappa shape index (κ3) is 1.59. The molecule has 0 N–H and O–H groups in total. The van der Waals surface area contributed by atoms with Crippen LogP contribution in [0.15, 0.2) is 23.3 Å². The summed E-state index contributed by atoms with van der Waals surface area (Å²) in [5, 5.41) is 0. The highest BCUT2D eigenvalue weighted by Gasteiger charge is 2.18. The van der Waals surface area contributed by atoms with Crippen LogP contribution in [0, 0.1) is 0 Å². The summed E-state index contributed by atoms with van der Waals surface area (Å²) < 4.78 is 0. The van der Waals surface area contributed by atoms with Crippen molar-refractivity contribution in [3.05, 3.63) is 23.3 Å². The van der Waals surface area contributed by atoms with Gasteiger partial charge in [0.2, 0.25) is 0 Å². The molecule has 1 nitrogen and oxygen atoms in total. The van der Waals surface area contributed by atoms with E-state index in [4.69, 9.17) is 0 Å². The van der Waals surface area contributed by atoms with Crippen LogP contribution < -0.4 is 0 Å². The molecule has 0 bridgehead atoms. The highest BCUT2D eigenvalue weighted by atomic mass is 16.1. The molecule has 0 aliphatic heterocycles. The van der Waals surface area contributed by atoms with Crippen molar-refractivity contribution >= 4 is 5.78 Å². The number of carbonyl (C=O) groups excluding carboxylic acids is 1. The van der Waals surface area contributed by atoms with Crippen molar-refractivity contribution in [1.29, 1.82) is 0 Å². The topological polar surface area (TPSA) is 17.1 Å². The summed E-state index contributed by atoms with van der Waals surface area (Å²) >= 11 is 0. The highest BCUT2D eigenvalue weighted by molar-refractivity contribution is 6.08. The van der Waals surface area contributed by atoms with E-state index >= 15 is 0 Å². The molecular weight excluding hydrogens is 136 g/mol. The molecule has 60 valence electrons. The van der Waals surface area contributed by atoms with Gasteiger partial charge in [-0.2, -0.15) is 0 Å². The second-order valence-electron chi connectivity index (χ2n) is 2.81. The van der Waals surface area contributed by atoms with E-state index in [0.717, 1.165) is 30.4 Å². The van der Waals surface area contributed by atoms with Crippen molar-refractivity contribution in [2.75, 3.05) is 0 Å². The zero-order valence-electron chi connectivity index (χ0n) is 7.18. The first-order chi connectivity index (χ1) is 5.29. The van der Waals surface area contributed by atoms with E-state index in [1.165, 1.54) is 0 Å². The molecule has 0 amide bonds. The van der Waals surface area contributed by atoms with Crippen LogP contribution in [0.25, 0.3) is 0 Å². The van der Waals surface area contributed by atoms with Crippen molar-refractivity contribution in [1.82, 2.24) is 0 Å². The molecule has 0 spiro atoms. The lowest BCUT2D eigenvalue weighted by atomic mass is 9.89. The van der Waals surface area contributed by atoms with E-state index in [2.05, 4.69) is 0 Å². The molecule has 0 saturated heterocycles. The molecule has 0 atom stereocenters. The molecule has 0 aromatic heterocycles. The lowest BCUT2D eigenvalue weighted by molar-refractivity contribution is -0.113. The van der Waals surface area contributed by atoms with E-state index in [-0.39, 0.29) is 5.78 Å². The fourth-order valence-corrected chi connectivity index (χ4v) is 1.45. The molecule has 0 aromatic rings. The minimum absolute atomic E-state index is 0.265. The van der Waals surface area contributed by atoms with Crippen molar-refractivity contribution in [2.24, 2.45) is 0 Å². The van der Waals surface area contributed by atoms with Gasteiger partial charge in [-0.1, -0.05) is 12.2 Å². The zero-order valence-corrected chi connectivity index (χ0v) is 7.18. The maximum atomic E-state index is 11.5. The first kappa shape index (κ1) is 8.25. The largest absolute Gasteiger partial charge is 0.289 e. The molecule has 11 heavy (non-hydrogen) atoms. The number of hydrogen-bond donors (Lipinski definition) is 0. The molecule has 0 aromatic carbocycles. The van der Waals surface area contributed by atoms with E-state index < -0.39 is 0 Å². The lowest BCUT2D eigenvalue weighted by Crippen LogP contribution is -2.11. The van der Waals surface area contributed by atoms with Gasteiger partial charge in [0.05, 0.1) is 0 Å². The number of rotatable bonds is 0. The maximum absolute atomic E-state index is 11.5. The Bertz CT molecular complexity index is 199. The monoisotopic (exact) mass is 150 g/mol. The molecule has 1 aliphatic rings. The Morgan fingerprint density at radius 2 is 1.55 bits per heavy atom. The van der Waals surface area contributed by atoms with Gasteiger partial charge in [-0.15, -0.1) is 0 Å². The van der Waals surface area contributed by atoms with Gasteiger partial charge in [0.1, 0.15) is 0 Å². The van der Waals surface area contributed by atoms with Gasteiger partial charge >= 0.3 is 0 Å². The minimum atomic E-state index is 0.265. The Kier molecular flexibility index (Phi) is 2.64. The van der Waals surface area contributed by atoms with Crippen molar-refractivity contribution in [2.45, 2.75) is 33.1 Å². The molecule has 1 heteroatoms. The molecule has 1 aliphatic carbocycles. The minimum Gasteiger partial charge on any atom is -0.289 e. The van der Waals surface area contributed by atoms with Crippen molar-refractivity contribution in [3.8, 4) is 0 Å². The Balaban J connectivity index is 2.84. The summed E-state index contributed by atoms with van der Waals surface area (Å²) in [6.45, 7) is 3.87. The zero-order chi connectivity index (χ0) is 8.27. The fourth-order valence-electron chi connectivity index (χ4n) is 1.45. The standard InChI is InChI=1S/C10H14O/c1-3-8-6-5-7-9(4-2)10(8)11/h3-4H,5-7H2,1-2H3/b8-3+,9-4+. The summed E-state index contributed by atoms with van der Waals surface area (Å²) in [7, 11) is 0. The van der Waals surface area contributed by atoms with E-state index in [1.807, 2.05) is 26.0 Å². The second-order valence-corrected chi connectivity index (χ2v) is 2.81. The molecule has 0 unspecified atom stereocenters. The van der Waals surface area contributed by atoms with E-state index in [1.54, 1.807) is 0 Å². The molecular formula is C10H14O. The first-order valence-electron chi connectivity index (χ1n) is 4.14. The van der Waals surface area contributed by atoms with Crippen LogP contribution in [-0.4, -0.2) is 5.78 Å². The number of Topliss-reactive ketones (excluding diaryl/α,β-unsaturated/α-hetero) is 1. The summed E-state index contributed by atoms with van der Waals surface area (Å²) in [4.78, 5) is 11.5. The third-order valence-corrected chi connectivity index (χ3v) is 2.17. The van der Waals surface area contributed by atoms with Gasteiger partial charge < -0.3 is 0 Å². The Hall–Kier alpha value is -0.850. The van der Waals surface area contributed by atoms with E-state index in [9.17, 15) is 4.79 Å². The second kappa shape index (κ2) is 3.51. The van der Waals surface area contributed by atoms with Gasteiger partial charge in [0, 0.05) is 0 Å². The molecule has 0 radical (unpaired) electrons. The normalized spacial score (nSPS) is 26.5. The van der Waals surface area contributed by atoms with Crippen LogP contribution in [0.2, 0.25) is 0 Å². The van der Waals surface area contributed by atoms with Crippen LogP contribution in [0.5, 0.6) is 0 Å². The van der Waals surface area contributed by atoms with Crippen molar-refractivity contribution in [3.63, 3.8) is 0 Å². The number of hydrogen-bond acceptors (Lipinski definition) is 1. The highest BCUT2D eigenvalue weighted by Crippen LogP contribution is 2.23. The fraction of sp³-hybridized carbons (Fsp3) is 0.500. The van der Waals surface area contributed by atoms with Crippen LogP contribution in [0.4, 0.5) is 0 Å². The van der Waals surface area contributed by atoms with Crippen LogP contribution in [0.3, 0.4) is 0 Å². The Morgan fingerprint density at radius 3 is 1.91 bits per heavy atom. The SMILES string of the molecule is C/C=C1\CCC/C(=C\C)C1=O. The van der Waals surface area contributed by atoms with Crippen LogP contribution in [0.1, 0.15) is 33.1 Å². The number of allylic oxidation sites excluding steroid dienone is 4. The van der Waals surface area contributed by atoms with Gasteiger partial charge in [0.15, 0.2) is 5.78 Å². The Labute approximate surface area is 67.8 Å². The number of carbonyl (C=O) groups is 1. The first-order valence-corrected chi connectivity index (χ1v) is 4.14. The average molecular weight is 150 g/mol. The predicted octanol–water partition coefficient (Wildman–Crippen LogP) is 2.63. The number of ketones is 1. The quantitative estimate of drug-likeness (QED) is 0.485. The summed E-state index contributed by atoms with van der Waals surface area (Å²) in [5.41, 5.74) is 1.98. The van der Waals surface area contributed by atoms with Crippen LogP contribution >= 0.6 is 0 Å². The molecule has 0 heterocycles. The van der Waals surface area contributed by atoms with Gasteiger partial charge in [-0.3, -0.25) is 4.79 Å². The summed E-state index contributed by atoms with van der Waals surface area (Å²) in [5.74, 6) is 0.265. The molecule has 1 fully saturated rings. The van der Waals surface area contributed by atoms with Crippen LogP contribution in [-0.2, 0) is 4.79 Å². The smallest absolute Gasteiger partial charge is 0.184 e. The third-order valence-electron chi connectivity index (χ3n) is 2.17. The summed E-state index contributed by atoms with van der Waals surface area (Å²) in [6, 6.07) is 0. The van der Waals surface area contributed by atoms with Gasteiger partial charge in [0.25, 0.3) is 0 Å². The molecule has 1 rings (SSSR count).